The third kappa shape index (κ3) is 2.48. The third-order valence-electron chi connectivity index (χ3n) is 3.48. The molecule has 0 aromatic heterocycles. The van der Waals surface area contributed by atoms with Crippen molar-refractivity contribution in [2.24, 2.45) is 11.8 Å². The summed E-state index contributed by atoms with van der Waals surface area (Å²) in [5.74, 6) is 0.817. The summed E-state index contributed by atoms with van der Waals surface area (Å²) in [4.78, 5) is 11.6. The van der Waals surface area contributed by atoms with Gasteiger partial charge in [0.25, 0.3) is 0 Å². The lowest BCUT2D eigenvalue weighted by molar-refractivity contribution is 0.0420. The Kier molecular flexibility index (Phi) is 2.86. The van der Waals surface area contributed by atoms with Crippen LogP contribution in [0.4, 0.5) is 4.79 Å². The number of nitrogens with one attached hydrogen (secondary N) is 1. The van der Waals surface area contributed by atoms with E-state index in [1.807, 2.05) is 20.8 Å². The lowest BCUT2D eigenvalue weighted by atomic mass is 9.93. The highest BCUT2D eigenvalue weighted by atomic mass is 16.6. The van der Waals surface area contributed by atoms with Crippen LogP contribution in [0, 0.1) is 11.8 Å². The fourth-order valence-electron chi connectivity index (χ4n) is 2.94. The lowest BCUT2D eigenvalue weighted by Crippen LogP contribution is -2.44. The smallest absolute Gasteiger partial charge is 0.407 e. The SMILES string of the molecule is CC(C)(C)OC(=O)N[C@H]1C[C@H]2C[C@@H]1[C@@H](O)C2. The minimum atomic E-state index is -0.458. The van der Waals surface area contributed by atoms with Crippen molar-refractivity contribution in [3.05, 3.63) is 0 Å². The first-order valence-corrected chi connectivity index (χ1v) is 6.03. The second-order valence-electron chi connectivity index (χ2n) is 6.06. The summed E-state index contributed by atoms with van der Waals surface area (Å²) >= 11 is 0. The first-order chi connectivity index (χ1) is 7.35. The molecule has 2 saturated carbocycles. The van der Waals surface area contributed by atoms with Crippen molar-refractivity contribution < 1.29 is 14.6 Å². The number of carbonyl (C=O) groups excluding carboxylic acids is 1. The molecule has 0 saturated heterocycles. The van der Waals surface area contributed by atoms with Crippen LogP contribution in [-0.4, -0.2) is 28.9 Å². The van der Waals surface area contributed by atoms with E-state index >= 15 is 0 Å². The molecule has 4 heteroatoms. The maximum Gasteiger partial charge on any atom is 0.407 e. The standard InChI is InChI=1S/C12H21NO3/c1-12(2,3)16-11(15)13-9-5-7-4-8(9)10(14)6-7/h7-10,14H,4-6H2,1-3H3,(H,13,15)/t7-,8+,9+,10+/m1/s1. The van der Waals surface area contributed by atoms with Gasteiger partial charge in [-0.1, -0.05) is 0 Å². The second-order valence-corrected chi connectivity index (χ2v) is 6.06. The van der Waals surface area contributed by atoms with Crippen molar-refractivity contribution >= 4 is 6.09 Å². The van der Waals surface area contributed by atoms with E-state index in [4.69, 9.17) is 4.74 Å². The molecule has 1 amide bonds. The van der Waals surface area contributed by atoms with E-state index in [0.29, 0.717) is 5.92 Å². The molecule has 4 atom stereocenters. The molecule has 2 N–H and O–H groups in total. The van der Waals surface area contributed by atoms with E-state index < -0.39 is 5.60 Å². The van der Waals surface area contributed by atoms with E-state index in [1.54, 1.807) is 0 Å². The van der Waals surface area contributed by atoms with Gasteiger partial charge in [-0.25, -0.2) is 4.79 Å². The normalized spacial score (nSPS) is 37.5. The third-order valence-corrected chi connectivity index (χ3v) is 3.48. The molecule has 0 spiro atoms. The van der Waals surface area contributed by atoms with Gasteiger partial charge in [0.2, 0.25) is 0 Å². The summed E-state index contributed by atoms with van der Waals surface area (Å²) in [6.45, 7) is 5.55. The Morgan fingerprint density at radius 2 is 2.00 bits per heavy atom. The molecule has 0 unspecified atom stereocenters. The Morgan fingerprint density at radius 3 is 2.50 bits per heavy atom. The molecule has 0 aromatic rings. The van der Waals surface area contributed by atoms with Crippen LogP contribution < -0.4 is 5.32 Å². The maximum atomic E-state index is 11.6. The molecule has 92 valence electrons. The molecule has 2 aliphatic rings. The van der Waals surface area contributed by atoms with Crippen LogP contribution >= 0.6 is 0 Å². The molecular weight excluding hydrogens is 206 g/mol. The molecule has 0 heterocycles. The lowest BCUT2D eigenvalue weighted by Gasteiger charge is -2.28. The van der Waals surface area contributed by atoms with Crippen molar-refractivity contribution in [2.45, 2.75) is 57.8 Å². The molecular formula is C12H21NO3. The number of fused-ring (bicyclic) bond motifs is 2. The quantitative estimate of drug-likeness (QED) is 0.716. The van der Waals surface area contributed by atoms with E-state index in [9.17, 15) is 9.90 Å². The number of amides is 1. The van der Waals surface area contributed by atoms with Crippen LogP contribution in [0.5, 0.6) is 0 Å². The van der Waals surface area contributed by atoms with Crippen molar-refractivity contribution in [2.75, 3.05) is 0 Å². The number of rotatable bonds is 1. The molecule has 16 heavy (non-hydrogen) atoms. The van der Waals surface area contributed by atoms with Crippen LogP contribution in [0.3, 0.4) is 0 Å². The number of carbonyl (C=O) groups is 1. The summed E-state index contributed by atoms with van der Waals surface area (Å²) in [6, 6.07) is 0.101. The van der Waals surface area contributed by atoms with E-state index in [-0.39, 0.29) is 24.2 Å². The molecule has 2 rings (SSSR count). The summed E-state index contributed by atoms with van der Waals surface area (Å²) in [7, 11) is 0. The van der Waals surface area contributed by atoms with Crippen molar-refractivity contribution in [1.29, 1.82) is 0 Å². The zero-order valence-electron chi connectivity index (χ0n) is 10.2. The Labute approximate surface area is 96.4 Å². The Morgan fingerprint density at radius 1 is 1.31 bits per heavy atom. The van der Waals surface area contributed by atoms with Crippen LogP contribution in [0.25, 0.3) is 0 Å². The van der Waals surface area contributed by atoms with E-state index in [1.165, 1.54) is 0 Å². The highest BCUT2D eigenvalue weighted by molar-refractivity contribution is 5.68. The first-order valence-electron chi connectivity index (χ1n) is 6.03. The highest BCUT2D eigenvalue weighted by Crippen LogP contribution is 2.44. The summed E-state index contributed by atoms with van der Waals surface area (Å²) < 4.78 is 5.21. The van der Waals surface area contributed by atoms with Gasteiger partial charge in [0.05, 0.1) is 6.10 Å². The Balaban J connectivity index is 1.85. The van der Waals surface area contributed by atoms with Gasteiger partial charge < -0.3 is 15.2 Å². The topological polar surface area (TPSA) is 58.6 Å². The Hall–Kier alpha value is -0.770. The average Bonchev–Trinajstić information content (AvgIpc) is 2.57. The fourth-order valence-corrected chi connectivity index (χ4v) is 2.94. The van der Waals surface area contributed by atoms with Gasteiger partial charge in [0.15, 0.2) is 0 Å². The van der Waals surface area contributed by atoms with E-state index in [0.717, 1.165) is 19.3 Å². The van der Waals surface area contributed by atoms with Gasteiger partial charge in [-0.2, -0.15) is 0 Å². The highest BCUT2D eigenvalue weighted by Gasteiger charge is 2.46. The van der Waals surface area contributed by atoms with Gasteiger partial charge in [-0.3, -0.25) is 0 Å². The summed E-state index contributed by atoms with van der Waals surface area (Å²) in [6.07, 6.45) is 2.33. The molecule has 4 nitrogen and oxygen atoms in total. The van der Waals surface area contributed by atoms with Crippen LogP contribution in [0.2, 0.25) is 0 Å². The van der Waals surface area contributed by atoms with E-state index in [2.05, 4.69) is 5.32 Å². The van der Waals surface area contributed by atoms with Gasteiger partial charge >= 0.3 is 6.09 Å². The van der Waals surface area contributed by atoms with Gasteiger partial charge in [-0.15, -0.1) is 0 Å². The average molecular weight is 227 g/mol. The van der Waals surface area contributed by atoms with Gasteiger partial charge in [0, 0.05) is 12.0 Å². The van der Waals surface area contributed by atoms with Gasteiger partial charge in [0.1, 0.15) is 5.60 Å². The molecule has 0 radical (unpaired) electrons. The number of hydrogen-bond acceptors (Lipinski definition) is 3. The zero-order valence-corrected chi connectivity index (χ0v) is 10.2. The summed E-state index contributed by atoms with van der Waals surface area (Å²) in [5.41, 5.74) is -0.458. The number of aliphatic hydroxyl groups is 1. The first kappa shape index (κ1) is 11.7. The minimum Gasteiger partial charge on any atom is -0.444 e. The van der Waals surface area contributed by atoms with Crippen LogP contribution in [0.15, 0.2) is 0 Å². The monoisotopic (exact) mass is 227 g/mol. The van der Waals surface area contributed by atoms with Crippen molar-refractivity contribution in [3.8, 4) is 0 Å². The summed E-state index contributed by atoms with van der Waals surface area (Å²) in [5, 5.41) is 12.6. The van der Waals surface area contributed by atoms with Gasteiger partial charge in [-0.05, 0) is 46.0 Å². The molecule has 2 bridgehead atoms. The van der Waals surface area contributed by atoms with Crippen molar-refractivity contribution in [3.63, 3.8) is 0 Å². The predicted molar refractivity (Wildman–Crippen MR) is 60.0 cm³/mol. The number of hydrogen-bond donors (Lipinski definition) is 2. The van der Waals surface area contributed by atoms with Crippen LogP contribution in [-0.2, 0) is 4.74 Å². The minimum absolute atomic E-state index is 0.101. The number of ether oxygens (including phenoxy) is 1. The molecule has 2 fully saturated rings. The van der Waals surface area contributed by atoms with Crippen LogP contribution in [0.1, 0.15) is 40.0 Å². The zero-order chi connectivity index (χ0) is 11.9. The molecule has 0 aromatic carbocycles. The molecule has 0 aliphatic heterocycles. The second kappa shape index (κ2) is 3.91. The predicted octanol–water partition coefficient (Wildman–Crippen LogP) is 1.67. The number of aliphatic hydroxyl groups excluding tert-OH is 1. The largest absolute Gasteiger partial charge is 0.444 e. The fraction of sp³-hybridized carbons (Fsp3) is 0.917. The Bertz CT molecular complexity index is 284. The maximum absolute atomic E-state index is 11.6. The van der Waals surface area contributed by atoms with Crippen molar-refractivity contribution in [1.82, 2.24) is 5.32 Å². The number of alkyl carbamates (subject to hydrolysis) is 1. The molecule has 2 aliphatic carbocycles.